The van der Waals surface area contributed by atoms with E-state index in [1.165, 1.54) is 25.2 Å². The van der Waals surface area contributed by atoms with Gasteiger partial charge < -0.3 is 14.8 Å². The largest absolute Gasteiger partial charge is 0.333 e. The number of nitrogens with one attached hydrogen (secondary N) is 1. The highest BCUT2D eigenvalue weighted by Crippen LogP contribution is 2.17. The van der Waals surface area contributed by atoms with Crippen molar-refractivity contribution in [2.24, 2.45) is 5.92 Å². The summed E-state index contributed by atoms with van der Waals surface area (Å²) in [5.41, 5.74) is 1.28. The first-order chi connectivity index (χ1) is 7.29. The molecule has 1 N–H and O–H groups in total. The van der Waals surface area contributed by atoms with Crippen LogP contribution in [0.15, 0.2) is 12.5 Å². The summed E-state index contributed by atoms with van der Waals surface area (Å²) in [6.07, 6.45) is 5.22. The lowest BCUT2D eigenvalue weighted by Gasteiger charge is -2.13. The summed E-state index contributed by atoms with van der Waals surface area (Å²) in [6, 6.07) is 0. The van der Waals surface area contributed by atoms with Gasteiger partial charge in [0.25, 0.3) is 0 Å². The third-order valence-electron chi connectivity index (χ3n) is 3.10. The molecule has 0 amide bonds. The molecule has 1 aromatic heterocycles. The second kappa shape index (κ2) is 4.77. The van der Waals surface area contributed by atoms with E-state index in [0.29, 0.717) is 0 Å². The molecule has 4 nitrogen and oxygen atoms in total. The first-order valence-electron chi connectivity index (χ1n) is 5.61. The van der Waals surface area contributed by atoms with E-state index in [2.05, 4.69) is 26.8 Å². The topological polar surface area (TPSA) is 33.1 Å². The first-order valence-corrected chi connectivity index (χ1v) is 5.61. The molecular weight excluding hydrogens is 188 g/mol. The Bertz CT molecular complexity index is 307. The smallest absolute Gasteiger partial charge is 0.0948 e. The molecule has 0 spiro atoms. The highest BCUT2D eigenvalue weighted by atomic mass is 15.1. The number of imidazole rings is 1. The van der Waals surface area contributed by atoms with Crippen molar-refractivity contribution < 1.29 is 0 Å². The maximum atomic E-state index is 4.21. The van der Waals surface area contributed by atoms with Crippen molar-refractivity contribution in [3.8, 4) is 0 Å². The van der Waals surface area contributed by atoms with Gasteiger partial charge in [0.05, 0.1) is 12.0 Å². The van der Waals surface area contributed by atoms with E-state index in [1.54, 1.807) is 0 Å². The molecule has 1 aliphatic rings. The Morgan fingerprint density at radius 3 is 3.13 bits per heavy atom. The molecule has 0 aromatic carbocycles. The number of hydrogen-bond donors (Lipinski definition) is 1. The van der Waals surface area contributed by atoms with Gasteiger partial charge in [-0.2, -0.15) is 0 Å². The number of rotatable bonds is 4. The summed E-state index contributed by atoms with van der Waals surface area (Å²) < 4.78 is 2.28. The first kappa shape index (κ1) is 10.6. The molecule has 1 atom stereocenters. The molecule has 0 saturated carbocycles. The zero-order valence-electron chi connectivity index (χ0n) is 9.61. The molecule has 15 heavy (non-hydrogen) atoms. The third kappa shape index (κ3) is 2.58. The van der Waals surface area contributed by atoms with Crippen LogP contribution in [0.2, 0.25) is 0 Å². The molecule has 2 rings (SSSR count). The van der Waals surface area contributed by atoms with Crippen molar-refractivity contribution >= 4 is 0 Å². The number of likely N-dealkylation sites (tertiary alicyclic amines) is 1. The molecule has 0 aliphatic carbocycles. The molecular formula is C11H20N4. The van der Waals surface area contributed by atoms with E-state index in [4.69, 9.17) is 0 Å². The fourth-order valence-corrected chi connectivity index (χ4v) is 2.29. The molecule has 0 radical (unpaired) electrons. The molecule has 1 fully saturated rings. The Kier molecular flexibility index (Phi) is 3.38. The van der Waals surface area contributed by atoms with Crippen LogP contribution in [-0.2, 0) is 13.1 Å². The van der Waals surface area contributed by atoms with Gasteiger partial charge in [-0.3, -0.25) is 0 Å². The normalized spacial score (nSPS) is 22.4. The Balaban J connectivity index is 1.95. The standard InChI is InChI=1S/C11H20N4/c1-12-5-11-6-13-9-15(11)8-10-3-4-14(2)7-10/h6,9-10,12H,3-5,7-8H2,1-2H3. The van der Waals surface area contributed by atoms with Gasteiger partial charge in [0.1, 0.15) is 0 Å². The molecule has 4 heteroatoms. The lowest BCUT2D eigenvalue weighted by molar-refractivity contribution is 0.375. The summed E-state index contributed by atoms with van der Waals surface area (Å²) in [5.74, 6) is 0.791. The molecule has 1 aliphatic heterocycles. The second-order valence-corrected chi connectivity index (χ2v) is 4.48. The highest BCUT2D eigenvalue weighted by Gasteiger charge is 2.20. The fraction of sp³-hybridized carbons (Fsp3) is 0.727. The number of hydrogen-bond acceptors (Lipinski definition) is 3. The van der Waals surface area contributed by atoms with E-state index in [0.717, 1.165) is 19.0 Å². The minimum Gasteiger partial charge on any atom is -0.333 e. The third-order valence-corrected chi connectivity index (χ3v) is 3.10. The average Bonchev–Trinajstić information content (AvgIpc) is 2.78. The van der Waals surface area contributed by atoms with Crippen LogP contribution in [0.1, 0.15) is 12.1 Å². The highest BCUT2D eigenvalue weighted by molar-refractivity contribution is 4.98. The summed E-state index contributed by atoms with van der Waals surface area (Å²) in [5, 5.41) is 3.17. The predicted molar refractivity (Wildman–Crippen MR) is 60.6 cm³/mol. The SMILES string of the molecule is CNCc1cncn1CC1CCN(C)C1. The quantitative estimate of drug-likeness (QED) is 0.784. The van der Waals surface area contributed by atoms with Crippen LogP contribution in [0.5, 0.6) is 0 Å². The summed E-state index contributed by atoms with van der Waals surface area (Å²) in [4.78, 5) is 6.61. The number of aromatic nitrogens is 2. The van der Waals surface area contributed by atoms with Crippen LogP contribution >= 0.6 is 0 Å². The van der Waals surface area contributed by atoms with Crippen molar-refractivity contribution in [2.75, 3.05) is 27.2 Å². The molecule has 0 bridgehead atoms. The van der Waals surface area contributed by atoms with E-state index < -0.39 is 0 Å². The van der Waals surface area contributed by atoms with Crippen LogP contribution < -0.4 is 5.32 Å². The predicted octanol–water partition coefficient (Wildman–Crippen LogP) is 0.554. The molecule has 84 valence electrons. The van der Waals surface area contributed by atoms with Crippen LogP contribution in [0.3, 0.4) is 0 Å². The van der Waals surface area contributed by atoms with E-state index in [1.807, 2.05) is 19.6 Å². The van der Waals surface area contributed by atoms with Crippen LogP contribution in [-0.4, -0.2) is 41.6 Å². The Morgan fingerprint density at radius 1 is 1.60 bits per heavy atom. The van der Waals surface area contributed by atoms with E-state index in [-0.39, 0.29) is 0 Å². The minimum absolute atomic E-state index is 0.791. The minimum atomic E-state index is 0.791. The Hall–Kier alpha value is -0.870. The Labute approximate surface area is 91.3 Å². The lowest BCUT2D eigenvalue weighted by Crippen LogP contribution is -2.19. The van der Waals surface area contributed by atoms with Gasteiger partial charge in [-0.1, -0.05) is 0 Å². The lowest BCUT2D eigenvalue weighted by atomic mass is 10.1. The van der Waals surface area contributed by atoms with Crippen molar-refractivity contribution in [3.05, 3.63) is 18.2 Å². The monoisotopic (exact) mass is 208 g/mol. The van der Waals surface area contributed by atoms with Crippen LogP contribution in [0.4, 0.5) is 0 Å². The zero-order chi connectivity index (χ0) is 10.7. The zero-order valence-corrected chi connectivity index (χ0v) is 9.61. The fourth-order valence-electron chi connectivity index (χ4n) is 2.29. The van der Waals surface area contributed by atoms with Crippen molar-refractivity contribution in [1.82, 2.24) is 19.8 Å². The molecule has 1 saturated heterocycles. The summed E-state index contributed by atoms with van der Waals surface area (Å²) in [6.45, 7) is 4.47. The van der Waals surface area contributed by atoms with Crippen LogP contribution in [0.25, 0.3) is 0 Å². The average molecular weight is 208 g/mol. The van der Waals surface area contributed by atoms with E-state index >= 15 is 0 Å². The van der Waals surface area contributed by atoms with Gasteiger partial charge >= 0.3 is 0 Å². The second-order valence-electron chi connectivity index (χ2n) is 4.48. The van der Waals surface area contributed by atoms with Gasteiger partial charge in [0, 0.05) is 25.8 Å². The van der Waals surface area contributed by atoms with Crippen molar-refractivity contribution in [3.63, 3.8) is 0 Å². The van der Waals surface area contributed by atoms with Gasteiger partial charge in [-0.25, -0.2) is 4.98 Å². The van der Waals surface area contributed by atoms with Gasteiger partial charge in [0.15, 0.2) is 0 Å². The number of nitrogens with zero attached hydrogens (tertiary/aromatic N) is 3. The van der Waals surface area contributed by atoms with Gasteiger partial charge in [-0.15, -0.1) is 0 Å². The van der Waals surface area contributed by atoms with Crippen molar-refractivity contribution in [1.29, 1.82) is 0 Å². The van der Waals surface area contributed by atoms with Gasteiger partial charge in [0.2, 0.25) is 0 Å². The maximum absolute atomic E-state index is 4.21. The van der Waals surface area contributed by atoms with Crippen molar-refractivity contribution in [2.45, 2.75) is 19.5 Å². The van der Waals surface area contributed by atoms with E-state index in [9.17, 15) is 0 Å². The van der Waals surface area contributed by atoms with Gasteiger partial charge in [-0.05, 0) is 33.0 Å². The summed E-state index contributed by atoms with van der Waals surface area (Å²) >= 11 is 0. The maximum Gasteiger partial charge on any atom is 0.0948 e. The molecule has 1 unspecified atom stereocenters. The summed E-state index contributed by atoms with van der Waals surface area (Å²) in [7, 11) is 4.17. The molecule has 2 heterocycles. The Morgan fingerprint density at radius 2 is 2.47 bits per heavy atom. The molecule has 1 aromatic rings. The van der Waals surface area contributed by atoms with Crippen LogP contribution in [0, 0.1) is 5.92 Å².